The van der Waals surface area contributed by atoms with Crippen LogP contribution in [0.4, 0.5) is 17.1 Å². The van der Waals surface area contributed by atoms with E-state index < -0.39 is 46.8 Å². The minimum Gasteiger partial charge on any atom is -0.744 e. The Morgan fingerprint density at radius 1 is 0.897 bits per heavy atom. The van der Waals surface area contributed by atoms with Crippen molar-refractivity contribution in [3.63, 3.8) is 0 Å². The van der Waals surface area contributed by atoms with Gasteiger partial charge in [-0.2, -0.15) is 0 Å². The fourth-order valence-electron chi connectivity index (χ4n) is 5.17. The molecule has 1 N–H and O–H groups in total. The summed E-state index contributed by atoms with van der Waals surface area (Å²) in [5, 5.41) is 31.6. The number of rotatable bonds is 8. The van der Waals surface area contributed by atoms with Crippen LogP contribution >= 0.6 is 0 Å². The summed E-state index contributed by atoms with van der Waals surface area (Å²) in [4.78, 5) is 27.6. The van der Waals surface area contributed by atoms with Gasteiger partial charge in [0.2, 0.25) is 4.90 Å². The van der Waals surface area contributed by atoms with Gasteiger partial charge in [-0.15, -0.1) is 0 Å². The van der Waals surface area contributed by atoms with Crippen LogP contribution in [0.5, 0.6) is 0 Å². The second kappa shape index (κ2) is 12.9. The summed E-state index contributed by atoms with van der Waals surface area (Å²) in [7, 11) is -5.55. The van der Waals surface area contributed by atoms with Gasteiger partial charge >= 0.3 is 11.4 Å². The van der Waals surface area contributed by atoms with Crippen molar-refractivity contribution in [2.75, 3.05) is 0 Å². The molecule has 1 heterocycles. The molecular weight excluding hydrogens is 532 g/mol. The lowest BCUT2D eigenvalue weighted by Gasteiger charge is -2.43. The molecule has 1 aliphatic rings. The van der Waals surface area contributed by atoms with Crippen LogP contribution in [0.2, 0.25) is 0 Å². The molecule has 0 aromatic heterocycles. The second-order valence-electron chi connectivity index (χ2n) is 9.38. The lowest BCUT2D eigenvalue weighted by Crippen LogP contribution is -3.19. The summed E-state index contributed by atoms with van der Waals surface area (Å²) in [6.45, 7) is 13.0. The van der Waals surface area contributed by atoms with Crippen LogP contribution in [0.1, 0.15) is 53.0 Å². The number of benzene rings is 2. The van der Waals surface area contributed by atoms with E-state index in [4.69, 9.17) is 0 Å². The van der Waals surface area contributed by atoms with Crippen molar-refractivity contribution in [1.29, 1.82) is 0 Å². The second-order valence-corrected chi connectivity index (χ2v) is 10.7. The molecule has 2 aromatic rings. The van der Waals surface area contributed by atoms with Gasteiger partial charge in [0.15, 0.2) is 0 Å². The highest BCUT2D eigenvalue weighted by Crippen LogP contribution is 2.36. The first kappa shape index (κ1) is 31.5. The maximum absolute atomic E-state index is 10.8. The number of hydrogen-bond acceptors (Lipinski definition) is 9. The molecule has 4 atom stereocenters. The third-order valence-electron chi connectivity index (χ3n) is 7.32. The summed E-state index contributed by atoms with van der Waals surface area (Å²) in [5.74, 6) is 0.700. The molecule has 0 amide bonds. The number of nitrogens with zero attached hydrogens (tertiary/aromatic N) is 3. The molecule has 0 fully saturated rings. The number of non-ortho nitro benzene ring substituents is 1. The Morgan fingerprint density at radius 3 is 1.79 bits per heavy atom. The van der Waals surface area contributed by atoms with E-state index in [9.17, 15) is 43.3 Å². The molecule has 0 saturated heterocycles. The fraction of sp³-hybridized carbons (Fsp3) is 0.440. The molecule has 0 spiro atoms. The molecule has 0 radical (unpaired) electrons. The molecule has 0 bridgehead atoms. The molecule has 1 unspecified atom stereocenters. The molecular formula is C25H32N4O9S. The van der Waals surface area contributed by atoms with Crippen molar-refractivity contribution >= 4 is 27.2 Å². The van der Waals surface area contributed by atoms with Crippen LogP contribution < -0.4 is 4.90 Å². The predicted molar refractivity (Wildman–Crippen MR) is 141 cm³/mol. The third kappa shape index (κ3) is 7.22. The zero-order valence-corrected chi connectivity index (χ0v) is 23.1. The van der Waals surface area contributed by atoms with Crippen molar-refractivity contribution in [2.24, 2.45) is 5.92 Å². The first-order valence-electron chi connectivity index (χ1n) is 12.3. The van der Waals surface area contributed by atoms with Gasteiger partial charge in [-0.05, 0) is 25.8 Å². The average molecular weight is 565 g/mol. The average Bonchev–Trinajstić information content (AvgIpc) is 2.88. The Balaban J connectivity index is 0.000000274. The van der Waals surface area contributed by atoms with E-state index in [1.807, 2.05) is 0 Å². The van der Waals surface area contributed by atoms with Crippen molar-refractivity contribution in [2.45, 2.75) is 71.0 Å². The van der Waals surface area contributed by atoms with Crippen LogP contribution in [-0.2, 0) is 16.7 Å². The van der Waals surface area contributed by atoms with Crippen LogP contribution in [0.15, 0.2) is 58.5 Å². The fourth-order valence-corrected chi connectivity index (χ4v) is 5.95. The minimum absolute atomic E-state index is 0.164. The molecule has 39 heavy (non-hydrogen) atoms. The van der Waals surface area contributed by atoms with E-state index in [0.717, 1.165) is 6.54 Å². The Labute approximate surface area is 226 Å². The molecule has 0 saturated carbocycles. The van der Waals surface area contributed by atoms with E-state index >= 15 is 0 Å². The highest BCUT2D eigenvalue weighted by molar-refractivity contribution is 7.86. The van der Waals surface area contributed by atoms with Gasteiger partial charge in [-0.1, -0.05) is 56.7 Å². The molecule has 2 aromatic carbocycles. The highest BCUT2D eigenvalue weighted by atomic mass is 32.2. The summed E-state index contributed by atoms with van der Waals surface area (Å²) < 4.78 is 32.5. The lowest BCUT2D eigenvalue weighted by atomic mass is 9.80. The molecule has 3 rings (SSSR count). The van der Waals surface area contributed by atoms with Crippen LogP contribution in [-0.4, -0.2) is 39.8 Å². The van der Waals surface area contributed by atoms with Crippen molar-refractivity contribution in [1.82, 2.24) is 0 Å². The van der Waals surface area contributed by atoms with Gasteiger partial charge in [0, 0.05) is 17.9 Å². The first-order valence-corrected chi connectivity index (χ1v) is 13.7. The van der Waals surface area contributed by atoms with E-state index in [-0.39, 0.29) is 12.1 Å². The van der Waals surface area contributed by atoms with Crippen molar-refractivity contribution in [3.8, 4) is 0 Å². The highest BCUT2D eigenvalue weighted by Gasteiger charge is 2.38. The standard InChI is InChI=1S/C19H29N.C6H3N3O9S/c1-6-18-15(4)14(3)16(5)20(19(18)7-2)13-17-11-9-8-10-12-17;10-7(11)3-1-4(8(12)13)6(19(16,17)18)5(2-3)9(14)15/h8-12,14,16,19H,6-7,13H2,1-5H3;1-2H,(H,16,17,18)/t14-,16-,19+;/m1./s1. The van der Waals surface area contributed by atoms with Crippen LogP contribution in [0.25, 0.3) is 0 Å². The molecule has 212 valence electrons. The van der Waals surface area contributed by atoms with E-state index in [2.05, 4.69) is 65.0 Å². The van der Waals surface area contributed by atoms with Crippen molar-refractivity contribution < 1.29 is 32.6 Å². The summed E-state index contributed by atoms with van der Waals surface area (Å²) in [6, 6.07) is 12.7. The quantitative estimate of drug-likeness (QED) is 0.214. The third-order valence-corrected chi connectivity index (χ3v) is 8.24. The monoisotopic (exact) mass is 564 g/mol. The topological polar surface area (TPSA) is 191 Å². The van der Waals surface area contributed by atoms with Gasteiger partial charge in [-0.25, -0.2) is 8.42 Å². The minimum atomic E-state index is -5.55. The number of nitro groups is 3. The Bertz CT molecular complexity index is 1340. The van der Waals surface area contributed by atoms with Gasteiger partial charge < -0.3 is 9.45 Å². The van der Waals surface area contributed by atoms with Crippen LogP contribution in [0.3, 0.4) is 0 Å². The maximum atomic E-state index is 10.8. The zero-order valence-electron chi connectivity index (χ0n) is 22.3. The lowest BCUT2D eigenvalue weighted by molar-refractivity contribution is -0.961. The molecule has 13 nitrogen and oxygen atoms in total. The van der Waals surface area contributed by atoms with Gasteiger partial charge in [-0.3, -0.25) is 30.3 Å². The zero-order chi connectivity index (χ0) is 29.7. The van der Waals surface area contributed by atoms with Gasteiger partial charge in [0.05, 0.1) is 32.9 Å². The van der Waals surface area contributed by atoms with Gasteiger partial charge in [0.1, 0.15) is 22.7 Å². The number of nitrogens with one attached hydrogen (secondary N) is 1. The Hall–Kier alpha value is -3.75. The Kier molecular flexibility index (Phi) is 10.4. The number of hydrogen-bond donors (Lipinski definition) is 1. The molecule has 0 aliphatic carbocycles. The Morgan fingerprint density at radius 2 is 1.41 bits per heavy atom. The first-order chi connectivity index (χ1) is 18.1. The SMILES string of the molecule is CCC1=C(C)[C@@H](C)[C@@H](C)[NH+](Cc2ccccc2)[C@H]1CC.O=[N+]([O-])c1cc([N+](=O)[O-])c(S(=O)(=O)[O-])c([N+](=O)[O-])c1. The predicted octanol–water partition coefficient (Wildman–Crippen LogP) is 3.93. The number of quaternary nitrogens is 1. The van der Waals surface area contributed by atoms with E-state index in [1.54, 1.807) is 16.0 Å². The van der Waals surface area contributed by atoms with Crippen molar-refractivity contribution in [3.05, 3.63) is 89.5 Å². The summed E-state index contributed by atoms with van der Waals surface area (Å²) in [5.41, 5.74) is 0.722. The molecule has 14 heteroatoms. The summed E-state index contributed by atoms with van der Waals surface area (Å²) in [6.07, 6.45) is 2.46. The molecule has 1 aliphatic heterocycles. The van der Waals surface area contributed by atoms with Crippen LogP contribution in [0, 0.1) is 36.3 Å². The largest absolute Gasteiger partial charge is 0.744 e. The summed E-state index contributed by atoms with van der Waals surface area (Å²) >= 11 is 0. The number of nitro benzene ring substituents is 3. The maximum Gasteiger partial charge on any atom is 0.300 e. The van der Waals surface area contributed by atoms with E-state index in [0.29, 0.717) is 18.0 Å². The normalized spacial score (nSPS) is 21.1. The van der Waals surface area contributed by atoms with E-state index in [1.165, 1.54) is 18.4 Å². The van der Waals surface area contributed by atoms with Gasteiger partial charge in [0.25, 0.3) is 5.69 Å². The smallest absolute Gasteiger partial charge is 0.300 e.